The molecule has 0 N–H and O–H groups in total. The second kappa shape index (κ2) is 5.30. The van der Waals surface area contributed by atoms with Crippen LogP contribution in [0.15, 0.2) is 9.59 Å². The summed E-state index contributed by atoms with van der Waals surface area (Å²) in [7, 11) is 2.81. The topological polar surface area (TPSA) is 112 Å². The van der Waals surface area contributed by atoms with Gasteiger partial charge in [-0.3, -0.25) is 18.7 Å². The molecule has 3 heterocycles. The summed E-state index contributed by atoms with van der Waals surface area (Å²) in [6.45, 7) is 1.77. The van der Waals surface area contributed by atoms with Crippen LogP contribution < -0.4 is 11.2 Å². The molecule has 1 saturated heterocycles. The van der Waals surface area contributed by atoms with Gasteiger partial charge < -0.3 is 9.64 Å². The van der Waals surface area contributed by atoms with E-state index in [1.165, 1.54) is 18.7 Å². The lowest BCUT2D eigenvalue weighted by Gasteiger charge is -2.25. The Kier molecular flexibility index (Phi) is 3.45. The van der Waals surface area contributed by atoms with Crippen molar-refractivity contribution in [2.45, 2.75) is 0 Å². The average Bonchev–Trinajstić information content (AvgIpc) is 2.57. The number of amides is 1. The Morgan fingerprint density at radius 2 is 1.77 bits per heavy atom. The fourth-order valence-corrected chi connectivity index (χ4v) is 2.25. The number of carbonyl (C=O) groups excluding carboxylic acids is 1. The maximum atomic E-state index is 12.3. The molecule has 1 fully saturated rings. The first kappa shape index (κ1) is 14.3. The maximum absolute atomic E-state index is 12.3. The largest absolute Gasteiger partial charge is 0.378 e. The number of fused-ring (bicyclic) bond motifs is 1. The van der Waals surface area contributed by atoms with Crippen LogP contribution in [-0.4, -0.2) is 61.4 Å². The Balaban J connectivity index is 2.12. The second-order valence-electron chi connectivity index (χ2n) is 4.92. The van der Waals surface area contributed by atoms with Crippen LogP contribution in [0.1, 0.15) is 10.6 Å². The molecule has 0 aromatic carbocycles. The highest BCUT2D eigenvalue weighted by atomic mass is 16.5. The summed E-state index contributed by atoms with van der Waals surface area (Å²) < 4.78 is 7.26. The molecular weight excluding hydrogens is 292 g/mol. The summed E-state index contributed by atoms with van der Waals surface area (Å²) in [5, 5.41) is 7.57. The van der Waals surface area contributed by atoms with Gasteiger partial charge in [0, 0.05) is 27.2 Å². The highest BCUT2D eigenvalue weighted by Crippen LogP contribution is 2.05. The lowest BCUT2D eigenvalue weighted by atomic mass is 10.4. The molecule has 10 heteroatoms. The first-order valence-electron chi connectivity index (χ1n) is 6.68. The third kappa shape index (κ3) is 2.17. The van der Waals surface area contributed by atoms with Crippen LogP contribution in [0.25, 0.3) is 11.2 Å². The monoisotopic (exact) mass is 306 g/mol. The smallest absolute Gasteiger partial charge is 0.332 e. The zero-order valence-electron chi connectivity index (χ0n) is 12.1. The molecule has 1 aliphatic rings. The molecule has 0 atom stereocenters. The molecule has 0 radical (unpaired) electrons. The summed E-state index contributed by atoms with van der Waals surface area (Å²) in [6, 6.07) is 0. The van der Waals surface area contributed by atoms with E-state index in [2.05, 4.69) is 15.2 Å². The average molecular weight is 306 g/mol. The normalized spacial score (nSPS) is 15.3. The molecule has 3 rings (SSSR count). The van der Waals surface area contributed by atoms with Gasteiger partial charge in [-0.25, -0.2) is 9.78 Å². The SMILES string of the molecule is Cn1c(=O)c2nc(C(=O)N3CCOCC3)nnc2n(C)c1=O. The van der Waals surface area contributed by atoms with Crippen molar-refractivity contribution >= 4 is 17.1 Å². The molecule has 0 unspecified atom stereocenters. The molecule has 22 heavy (non-hydrogen) atoms. The van der Waals surface area contributed by atoms with E-state index >= 15 is 0 Å². The standard InChI is InChI=1S/C12H14N6O4/c1-16-9-7(10(19)17(2)12(16)21)13-8(14-15-9)11(20)18-3-5-22-6-4-18/h3-6H2,1-2H3. The van der Waals surface area contributed by atoms with Crippen LogP contribution >= 0.6 is 0 Å². The summed E-state index contributed by atoms with van der Waals surface area (Å²) in [6.07, 6.45) is 0. The van der Waals surface area contributed by atoms with E-state index in [-0.39, 0.29) is 17.0 Å². The van der Waals surface area contributed by atoms with Gasteiger partial charge in [-0.05, 0) is 0 Å². The van der Waals surface area contributed by atoms with Crippen molar-refractivity contribution in [3.8, 4) is 0 Å². The number of morpholine rings is 1. The minimum atomic E-state index is -0.607. The Labute approximate surface area is 124 Å². The Hall–Kier alpha value is -2.62. The van der Waals surface area contributed by atoms with Gasteiger partial charge >= 0.3 is 5.69 Å². The van der Waals surface area contributed by atoms with E-state index in [0.29, 0.717) is 26.3 Å². The lowest BCUT2D eigenvalue weighted by molar-refractivity contribution is 0.0294. The summed E-state index contributed by atoms with van der Waals surface area (Å²) in [5.74, 6) is -0.571. The van der Waals surface area contributed by atoms with E-state index in [9.17, 15) is 14.4 Å². The van der Waals surface area contributed by atoms with E-state index in [0.717, 1.165) is 4.57 Å². The number of ether oxygens (including phenoxy) is 1. The van der Waals surface area contributed by atoms with Crippen molar-refractivity contribution in [2.24, 2.45) is 14.1 Å². The third-order valence-electron chi connectivity index (χ3n) is 3.56. The fourth-order valence-electron chi connectivity index (χ4n) is 2.25. The van der Waals surface area contributed by atoms with Crippen LogP contribution in [0.3, 0.4) is 0 Å². The first-order chi connectivity index (χ1) is 10.5. The van der Waals surface area contributed by atoms with Gasteiger partial charge in [-0.2, -0.15) is 0 Å². The predicted molar refractivity (Wildman–Crippen MR) is 74.5 cm³/mol. The number of aryl methyl sites for hydroxylation is 1. The number of hydrogen-bond acceptors (Lipinski definition) is 7. The highest BCUT2D eigenvalue weighted by Gasteiger charge is 2.23. The summed E-state index contributed by atoms with van der Waals surface area (Å²) >= 11 is 0. The van der Waals surface area contributed by atoms with E-state index < -0.39 is 17.2 Å². The molecule has 116 valence electrons. The molecule has 0 saturated carbocycles. The Morgan fingerprint density at radius 3 is 2.45 bits per heavy atom. The van der Waals surface area contributed by atoms with Crippen LogP contribution in [0.4, 0.5) is 0 Å². The molecular formula is C12H14N6O4. The van der Waals surface area contributed by atoms with Crippen LogP contribution in [0.2, 0.25) is 0 Å². The molecule has 1 aliphatic heterocycles. The number of nitrogens with zero attached hydrogens (tertiary/aromatic N) is 6. The van der Waals surface area contributed by atoms with Crippen LogP contribution in [-0.2, 0) is 18.8 Å². The zero-order valence-corrected chi connectivity index (χ0v) is 12.1. The van der Waals surface area contributed by atoms with Crippen molar-refractivity contribution in [1.29, 1.82) is 0 Å². The van der Waals surface area contributed by atoms with Gasteiger partial charge in [0.2, 0.25) is 5.82 Å². The minimum absolute atomic E-state index is 0.0478. The number of carbonyl (C=O) groups is 1. The molecule has 2 aromatic rings. The number of aromatic nitrogens is 5. The Bertz CT molecular complexity index is 864. The number of rotatable bonds is 1. The lowest BCUT2D eigenvalue weighted by Crippen LogP contribution is -2.42. The van der Waals surface area contributed by atoms with Crippen molar-refractivity contribution in [3.63, 3.8) is 0 Å². The van der Waals surface area contributed by atoms with Crippen molar-refractivity contribution in [3.05, 3.63) is 26.7 Å². The van der Waals surface area contributed by atoms with E-state index in [1.54, 1.807) is 4.90 Å². The fraction of sp³-hybridized carbons (Fsp3) is 0.500. The van der Waals surface area contributed by atoms with Gasteiger partial charge in [0.1, 0.15) is 0 Å². The van der Waals surface area contributed by atoms with Crippen LogP contribution in [0.5, 0.6) is 0 Å². The van der Waals surface area contributed by atoms with Gasteiger partial charge in [-0.1, -0.05) is 0 Å². The molecule has 0 bridgehead atoms. The molecule has 1 amide bonds. The molecule has 10 nitrogen and oxygen atoms in total. The van der Waals surface area contributed by atoms with Gasteiger partial charge in [0.05, 0.1) is 13.2 Å². The highest BCUT2D eigenvalue weighted by molar-refractivity contribution is 5.91. The van der Waals surface area contributed by atoms with Gasteiger partial charge in [0.15, 0.2) is 11.2 Å². The minimum Gasteiger partial charge on any atom is -0.378 e. The van der Waals surface area contributed by atoms with Crippen molar-refractivity contribution < 1.29 is 9.53 Å². The summed E-state index contributed by atoms with van der Waals surface area (Å²) in [5.41, 5.74) is -1.15. The molecule has 2 aromatic heterocycles. The molecule has 0 spiro atoms. The van der Waals surface area contributed by atoms with E-state index in [4.69, 9.17) is 4.74 Å². The molecule has 0 aliphatic carbocycles. The predicted octanol–water partition coefficient (Wildman–Crippen LogP) is -2.11. The van der Waals surface area contributed by atoms with E-state index in [1.807, 2.05) is 0 Å². The van der Waals surface area contributed by atoms with Crippen molar-refractivity contribution in [2.75, 3.05) is 26.3 Å². The van der Waals surface area contributed by atoms with Gasteiger partial charge in [0.25, 0.3) is 11.5 Å². The second-order valence-corrected chi connectivity index (χ2v) is 4.92. The number of hydrogen-bond donors (Lipinski definition) is 0. The van der Waals surface area contributed by atoms with Crippen LogP contribution in [0, 0.1) is 0 Å². The zero-order chi connectivity index (χ0) is 15.9. The third-order valence-corrected chi connectivity index (χ3v) is 3.56. The summed E-state index contributed by atoms with van der Waals surface area (Å²) in [4.78, 5) is 41.8. The first-order valence-corrected chi connectivity index (χ1v) is 6.68. The van der Waals surface area contributed by atoms with Crippen molar-refractivity contribution in [1.82, 2.24) is 29.2 Å². The maximum Gasteiger partial charge on any atom is 0.332 e. The van der Waals surface area contributed by atoms with Gasteiger partial charge in [-0.15, -0.1) is 10.2 Å². The quantitative estimate of drug-likeness (QED) is 0.593. The Morgan fingerprint density at radius 1 is 1.09 bits per heavy atom.